The molecule has 6 nitrogen and oxygen atoms in total. The average Bonchev–Trinajstić information content (AvgIpc) is 2.54. The van der Waals surface area contributed by atoms with Crippen molar-refractivity contribution in [2.45, 2.75) is 63.8 Å². The van der Waals surface area contributed by atoms with Gasteiger partial charge in [0.1, 0.15) is 0 Å². The van der Waals surface area contributed by atoms with Crippen molar-refractivity contribution in [1.29, 1.82) is 0 Å². The van der Waals surface area contributed by atoms with E-state index >= 15 is 0 Å². The molecule has 0 bridgehead atoms. The summed E-state index contributed by atoms with van der Waals surface area (Å²) in [4.78, 5) is 22.5. The van der Waals surface area contributed by atoms with E-state index in [2.05, 4.69) is 5.32 Å². The summed E-state index contributed by atoms with van der Waals surface area (Å²) in [6.07, 6.45) is 9.27. The van der Waals surface area contributed by atoms with Gasteiger partial charge in [0, 0.05) is 18.5 Å². The molecule has 0 aliphatic heterocycles. The van der Waals surface area contributed by atoms with E-state index in [4.69, 9.17) is 4.74 Å². The molecular weight excluding hydrogens is 308 g/mol. The molecule has 1 aliphatic rings. The second kappa shape index (κ2) is 9.90. The van der Waals surface area contributed by atoms with E-state index in [-0.39, 0.29) is 17.3 Å². The summed E-state index contributed by atoms with van der Waals surface area (Å²) in [6, 6.07) is 6.59. The molecule has 0 atom stereocenters. The second-order valence-electron chi connectivity index (χ2n) is 6.29. The summed E-state index contributed by atoms with van der Waals surface area (Å²) in [5.41, 5.74) is -0.0449. The van der Waals surface area contributed by atoms with Gasteiger partial charge in [-0.1, -0.05) is 44.2 Å². The van der Waals surface area contributed by atoms with E-state index in [9.17, 15) is 14.9 Å². The van der Waals surface area contributed by atoms with E-state index in [0.29, 0.717) is 25.5 Å². The zero-order valence-electron chi connectivity index (χ0n) is 14.0. The van der Waals surface area contributed by atoms with Crippen molar-refractivity contribution in [3.05, 3.63) is 34.4 Å². The van der Waals surface area contributed by atoms with E-state index in [0.717, 1.165) is 12.8 Å². The first kappa shape index (κ1) is 18.2. The number of benzene rings is 1. The number of ether oxygens (including phenoxy) is 1. The predicted octanol–water partition coefficient (Wildman–Crippen LogP) is 3.98. The van der Waals surface area contributed by atoms with Gasteiger partial charge in [-0.15, -0.1) is 0 Å². The van der Waals surface area contributed by atoms with Gasteiger partial charge in [-0.3, -0.25) is 14.9 Å². The SMILES string of the molecule is O=C(CCCOc1ccccc1[N+](=O)[O-])NC1CCCCCCC1. The van der Waals surface area contributed by atoms with Gasteiger partial charge in [-0.05, 0) is 25.3 Å². The fraction of sp³-hybridized carbons (Fsp3) is 0.611. The summed E-state index contributed by atoms with van der Waals surface area (Å²) in [7, 11) is 0. The standard InChI is InChI=1S/C18H26N2O4/c21-18(19-15-9-4-2-1-3-5-10-15)13-8-14-24-17-12-7-6-11-16(17)20(22)23/h6-7,11-12,15H,1-5,8-10,13-14H2,(H,19,21). The van der Waals surface area contributed by atoms with Gasteiger partial charge < -0.3 is 10.1 Å². The Morgan fingerprint density at radius 3 is 2.54 bits per heavy atom. The number of amides is 1. The molecule has 1 amide bonds. The van der Waals surface area contributed by atoms with Crippen LogP contribution in [-0.2, 0) is 4.79 Å². The van der Waals surface area contributed by atoms with Gasteiger partial charge in [0.2, 0.25) is 5.91 Å². The van der Waals surface area contributed by atoms with Crippen LogP contribution >= 0.6 is 0 Å². The third-order valence-electron chi connectivity index (χ3n) is 4.34. The van der Waals surface area contributed by atoms with Crippen molar-refractivity contribution < 1.29 is 14.5 Å². The molecule has 0 heterocycles. The highest BCUT2D eigenvalue weighted by molar-refractivity contribution is 5.76. The first-order chi connectivity index (χ1) is 11.7. The lowest BCUT2D eigenvalue weighted by Crippen LogP contribution is -2.35. The van der Waals surface area contributed by atoms with E-state index in [1.807, 2.05) is 0 Å². The highest BCUT2D eigenvalue weighted by Gasteiger charge is 2.15. The highest BCUT2D eigenvalue weighted by Crippen LogP contribution is 2.25. The Balaban J connectivity index is 1.68. The Morgan fingerprint density at radius 1 is 1.17 bits per heavy atom. The number of nitro groups is 1. The molecule has 1 fully saturated rings. The van der Waals surface area contributed by atoms with Crippen LogP contribution in [0.4, 0.5) is 5.69 Å². The summed E-state index contributed by atoms with van der Waals surface area (Å²) >= 11 is 0. The number of hydrogen-bond acceptors (Lipinski definition) is 4. The summed E-state index contributed by atoms with van der Waals surface area (Å²) < 4.78 is 5.45. The topological polar surface area (TPSA) is 81.5 Å². The van der Waals surface area contributed by atoms with Crippen LogP contribution in [0, 0.1) is 10.1 Å². The Morgan fingerprint density at radius 2 is 1.83 bits per heavy atom. The van der Waals surface area contributed by atoms with Crippen LogP contribution in [0.25, 0.3) is 0 Å². The maximum atomic E-state index is 12.0. The van der Waals surface area contributed by atoms with E-state index in [1.165, 1.54) is 38.2 Å². The van der Waals surface area contributed by atoms with Gasteiger partial charge in [-0.2, -0.15) is 0 Å². The molecule has 1 aromatic rings. The first-order valence-electron chi connectivity index (χ1n) is 8.82. The third-order valence-corrected chi connectivity index (χ3v) is 4.34. The van der Waals surface area contributed by atoms with Crippen molar-refractivity contribution in [2.75, 3.05) is 6.61 Å². The predicted molar refractivity (Wildman–Crippen MR) is 92.1 cm³/mol. The van der Waals surface area contributed by atoms with Gasteiger partial charge in [-0.25, -0.2) is 0 Å². The second-order valence-corrected chi connectivity index (χ2v) is 6.29. The Bertz CT molecular complexity index is 540. The fourth-order valence-corrected chi connectivity index (χ4v) is 3.05. The van der Waals surface area contributed by atoms with Crippen molar-refractivity contribution in [3.63, 3.8) is 0 Å². The van der Waals surface area contributed by atoms with Crippen molar-refractivity contribution in [2.24, 2.45) is 0 Å². The summed E-state index contributed by atoms with van der Waals surface area (Å²) in [5.74, 6) is 0.301. The number of hydrogen-bond donors (Lipinski definition) is 1. The van der Waals surface area contributed by atoms with Crippen LogP contribution in [0.3, 0.4) is 0 Å². The molecule has 6 heteroatoms. The van der Waals surface area contributed by atoms with Gasteiger partial charge >= 0.3 is 5.69 Å². The fourth-order valence-electron chi connectivity index (χ4n) is 3.05. The summed E-state index contributed by atoms with van der Waals surface area (Å²) in [6.45, 7) is 0.295. The zero-order valence-corrected chi connectivity index (χ0v) is 14.0. The number of para-hydroxylation sites is 2. The molecule has 0 radical (unpaired) electrons. The number of rotatable bonds is 7. The largest absolute Gasteiger partial charge is 0.487 e. The van der Waals surface area contributed by atoms with Crippen LogP contribution in [0.5, 0.6) is 5.75 Å². The number of carbonyl (C=O) groups is 1. The number of nitrogens with zero attached hydrogens (tertiary/aromatic N) is 1. The molecule has 0 spiro atoms. The maximum Gasteiger partial charge on any atom is 0.310 e. The summed E-state index contributed by atoms with van der Waals surface area (Å²) in [5, 5.41) is 14.0. The number of nitrogens with one attached hydrogen (secondary N) is 1. The van der Waals surface area contributed by atoms with E-state index in [1.54, 1.807) is 18.2 Å². The quantitative estimate of drug-likeness (QED) is 0.464. The molecule has 1 aromatic carbocycles. The lowest BCUT2D eigenvalue weighted by Gasteiger charge is -2.21. The van der Waals surface area contributed by atoms with E-state index < -0.39 is 4.92 Å². The van der Waals surface area contributed by atoms with Crippen LogP contribution in [0.2, 0.25) is 0 Å². The Kier molecular flexibility index (Phi) is 7.52. The van der Waals surface area contributed by atoms with Crippen molar-refractivity contribution in [3.8, 4) is 5.75 Å². The lowest BCUT2D eigenvalue weighted by atomic mass is 9.96. The monoisotopic (exact) mass is 334 g/mol. The third kappa shape index (κ3) is 6.18. The molecule has 132 valence electrons. The lowest BCUT2D eigenvalue weighted by molar-refractivity contribution is -0.385. The maximum absolute atomic E-state index is 12.0. The van der Waals surface area contributed by atoms with Crippen molar-refractivity contribution >= 4 is 11.6 Å². The minimum absolute atomic E-state index is 0.0449. The van der Waals surface area contributed by atoms with Gasteiger partial charge in [0.05, 0.1) is 11.5 Å². The Labute approximate surface area is 142 Å². The molecule has 0 unspecified atom stereocenters. The van der Waals surface area contributed by atoms with Gasteiger partial charge in [0.25, 0.3) is 0 Å². The minimum Gasteiger partial charge on any atom is -0.487 e. The Hall–Kier alpha value is -2.11. The smallest absolute Gasteiger partial charge is 0.310 e. The molecule has 1 aliphatic carbocycles. The molecule has 1 saturated carbocycles. The normalized spacial score (nSPS) is 16.0. The minimum atomic E-state index is -0.462. The van der Waals surface area contributed by atoms with Crippen LogP contribution in [0.15, 0.2) is 24.3 Å². The highest BCUT2D eigenvalue weighted by atomic mass is 16.6. The molecule has 0 aromatic heterocycles. The van der Waals surface area contributed by atoms with Crippen LogP contribution in [0.1, 0.15) is 57.8 Å². The molecule has 1 N–H and O–H groups in total. The molecule has 2 rings (SSSR count). The molecular formula is C18H26N2O4. The van der Waals surface area contributed by atoms with Gasteiger partial charge in [0.15, 0.2) is 5.75 Å². The first-order valence-corrected chi connectivity index (χ1v) is 8.82. The average molecular weight is 334 g/mol. The van der Waals surface area contributed by atoms with Crippen LogP contribution < -0.4 is 10.1 Å². The zero-order chi connectivity index (χ0) is 17.2. The van der Waals surface area contributed by atoms with Crippen molar-refractivity contribution in [1.82, 2.24) is 5.32 Å². The number of nitro benzene ring substituents is 1. The van der Waals surface area contributed by atoms with Crippen LogP contribution in [-0.4, -0.2) is 23.5 Å². The molecule has 24 heavy (non-hydrogen) atoms. The number of carbonyl (C=O) groups excluding carboxylic acids is 1. The molecule has 0 saturated heterocycles.